The normalized spacial score (nSPS) is 31.3. The molecule has 2 heteroatoms. The highest BCUT2D eigenvalue weighted by Crippen LogP contribution is 2.59. The number of imidazole rings is 1. The highest BCUT2D eigenvalue weighted by Gasteiger charge is 2.49. The van der Waals surface area contributed by atoms with E-state index >= 15 is 0 Å². The summed E-state index contributed by atoms with van der Waals surface area (Å²) in [6, 6.07) is 22.3. The number of benzene rings is 2. The summed E-state index contributed by atoms with van der Waals surface area (Å²) in [6.45, 7) is 0. The fourth-order valence-corrected chi connectivity index (χ4v) is 6.60. The first-order valence-electron chi connectivity index (χ1n) is 10.5. The second-order valence-electron chi connectivity index (χ2n) is 8.99. The molecule has 0 amide bonds. The Labute approximate surface area is 161 Å². The van der Waals surface area contributed by atoms with E-state index in [1.54, 1.807) is 0 Å². The summed E-state index contributed by atoms with van der Waals surface area (Å²) < 4.78 is 2.64. The van der Waals surface area contributed by atoms with Crippen molar-refractivity contribution in [3.8, 4) is 22.6 Å². The van der Waals surface area contributed by atoms with Gasteiger partial charge in [0.15, 0.2) is 0 Å². The molecular weight excluding hydrogens is 328 g/mol. The largest absolute Gasteiger partial charge is 0.320 e. The fraction of sp³-hybridized carbons (Fsp3) is 0.400. The van der Waals surface area contributed by atoms with Crippen LogP contribution < -0.4 is 0 Å². The molecule has 4 fully saturated rings. The molecule has 4 aliphatic rings. The molecule has 4 aliphatic carbocycles. The van der Waals surface area contributed by atoms with Gasteiger partial charge in [-0.25, -0.2) is 4.98 Å². The molecule has 1 heterocycles. The van der Waals surface area contributed by atoms with Crippen molar-refractivity contribution in [2.75, 3.05) is 0 Å². The lowest BCUT2D eigenvalue weighted by molar-refractivity contribution is -0.0279. The van der Waals surface area contributed by atoms with Crippen LogP contribution in [0.1, 0.15) is 38.1 Å². The Morgan fingerprint density at radius 3 is 1.81 bits per heavy atom. The molecule has 2 nitrogen and oxygen atoms in total. The van der Waals surface area contributed by atoms with Crippen LogP contribution in [0.5, 0.6) is 0 Å². The van der Waals surface area contributed by atoms with Gasteiger partial charge in [-0.05, 0) is 61.3 Å². The molecule has 4 saturated carbocycles. The van der Waals surface area contributed by atoms with Gasteiger partial charge in [0.05, 0.1) is 11.9 Å². The topological polar surface area (TPSA) is 17.8 Å². The Kier molecular flexibility index (Phi) is 3.54. The molecule has 27 heavy (non-hydrogen) atoms. The van der Waals surface area contributed by atoms with E-state index in [2.05, 4.69) is 71.4 Å². The molecule has 0 saturated heterocycles. The molecule has 1 aromatic heterocycles. The molecule has 0 radical (unpaired) electrons. The van der Waals surface area contributed by atoms with Gasteiger partial charge in [-0.15, -0.1) is 0 Å². The molecule has 0 aliphatic heterocycles. The van der Waals surface area contributed by atoms with Crippen molar-refractivity contribution in [2.24, 2.45) is 23.7 Å². The van der Waals surface area contributed by atoms with Crippen LogP contribution in [0.3, 0.4) is 0 Å². The molecule has 7 rings (SSSR count). The Balaban J connectivity index is 1.53. The van der Waals surface area contributed by atoms with Crippen LogP contribution in [0.4, 0.5) is 0 Å². The molecule has 0 N–H and O–H groups in total. The van der Waals surface area contributed by atoms with E-state index in [-0.39, 0.29) is 0 Å². The zero-order valence-electron chi connectivity index (χ0n) is 15.7. The lowest BCUT2D eigenvalue weighted by atomic mass is 9.54. The first-order chi connectivity index (χ1) is 13.4. The van der Waals surface area contributed by atoms with Crippen LogP contribution >= 0.6 is 0 Å². The van der Waals surface area contributed by atoms with Gasteiger partial charge in [-0.1, -0.05) is 60.7 Å². The lowest BCUT2D eigenvalue weighted by Gasteiger charge is -2.55. The average molecular weight is 354 g/mol. The Bertz CT molecular complexity index is 856. The van der Waals surface area contributed by atoms with Gasteiger partial charge in [0.2, 0.25) is 0 Å². The molecule has 4 bridgehead atoms. The molecule has 0 spiro atoms. The number of hydrogen-bond acceptors (Lipinski definition) is 1. The number of hydrogen-bond donors (Lipinski definition) is 0. The van der Waals surface area contributed by atoms with Crippen molar-refractivity contribution in [2.45, 2.75) is 38.1 Å². The van der Waals surface area contributed by atoms with E-state index in [0.29, 0.717) is 6.04 Å². The maximum absolute atomic E-state index is 4.96. The zero-order valence-corrected chi connectivity index (χ0v) is 15.7. The molecule has 3 aromatic rings. The summed E-state index contributed by atoms with van der Waals surface area (Å²) in [5.41, 5.74) is 3.83. The first-order valence-corrected chi connectivity index (χ1v) is 10.5. The predicted molar refractivity (Wildman–Crippen MR) is 109 cm³/mol. The van der Waals surface area contributed by atoms with Gasteiger partial charge in [0, 0.05) is 11.6 Å². The van der Waals surface area contributed by atoms with E-state index in [1.165, 1.54) is 48.9 Å². The quantitative estimate of drug-likeness (QED) is 0.546. The summed E-state index contributed by atoms with van der Waals surface area (Å²) >= 11 is 0. The lowest BCUT2D eigenvalue weighted by Crippen LogP contribution is -2.46. The molecular formula is C25H26N2. The Hall–Kier alpha value is -2.35. The number of aromatic nitrogens is 2. The maximum Gasteiger partial charge on any atom is 0.140 e. The van der Waals surface area contributed by atoms with Crippen molar-refractivity contribution in [3.05, 3.63) is 66.9 Å². The van der Waals surface area contributed by atoms with Gasteiger partial charge >= 0.3 is 0 Å². The van der Waals surface area contributed by atoms with Crippen LogP contribution in [0.25, 0.3) is 22.6 Å². The fourth-order valence-electron chi connectivity index (χ4n) is 6.60. The molecule has 2 aromatic carbocycles. The third kappa shape index (κ3) is 2.50. The summed E-state index contributed by atoms with van der Waals surface area (Å²) in [5, 5.41) is 0. The number of rotatable bonds is 3. The van der Waals surface area contributed by atoms with Gasteiger partial charge in [0.1, 0.15) is 5.82 Å². The highest BCUT2D eigenvalue weighted by atomic mass is 15.1. The second kappa shape index (κ2) is 6.09. The van der Waals surface area contributed by atoms with E-state index in [4.69, 9.17) is 4.98 Å². The van der Waals surface area contributed by atoms with E-state index in [9.17, 15) is 0 Å². The first kappa shape index (κ1) is 15.7. The summed E-state index contributed by atoms with van der Waals surface area (Å²) in [5.74, 6) is 4.81. The zero-order chi connectivity index (χ0) is 17.8. The minimum atomic E-state index is 0.616. The van der Waals surface area contributed by atoms with Crippen molar-refractivity contribution >= 4 is 0 Å². The third-order valence-electron chi connectivity index (χ3n) is 7.37. The monoisotopic (exact) mass is 354 g/mol. The van der Waals surface area contributed by atoms with E-state index < -0.39 is 0 Å². The van der Waals surface area contributed by atoms with Gasteiger partial charge < -0.3 is 4.57 Å². The van der Waals surface area contributed by atoms with Crippen molar-refractivity contribution in [1.82, 2.24) is 9.55 Å². The van der Waals surface area contributed by atoms with Gasteiger partial charge in [-0.2, -0.15) is 0 Å². The Morgan fingerprint density at radius 1 is 0.667 bits per heavy atom. The van der Waals surface area contributed by atoms with Gasteiger partial charge in [0.25, 0.3) is 0 Å². The molecule has 0 atom stereocenters. The maximum atomic E-state index is 4.96. The Morgan fingerprint density at radius 2 is 1.22 bits per heavy atom. The van der Waals surface area contributed by atoms with Gasteiger partial charge in [-0.3, -0.25) is 0 Å². The third-order valence-corrected chi connectivity index (χ3v) is 7.37. The van der Waals surface area contributed by atoms with Crippen LogP contribution in [-0.4, -0.2) is 9.55 Å². The van der Waals surface area contributed by atoms with Crippen LogP contribution in [0.15, 0.2) is 66.9 Å². The smallest absolute Gasteiger partial charge is 0.140 e. The standard InChI is InChI=1S/C25H26N2/c1-3-7-19(8-4-1)23-16-26-25(20-9-5-2-6-10-20)27(23)24-21-12-17-11-18(14-21)15-22(24)13-17/h1-10,16-18,21-22,24H,11-15H2. The average Bonchev–Trinajstić information content (AvgIpc) is 3.13. The summed E-state index contributed by atoms with van der Waals surface area (Å²) in [6.07, 6.45) is 9.33. The van der Waals surface area contributed by atoms with Crippen LogP contribution in [0.2, 0.25) is 0 Å². The SMILES string of the molecule is c1ccc(-c2cnc(-c3ccccc3)n2C2C3CC4CC(C3)CC2C4)cc1. The van der Waals surface area contributed by atoms with E-state index in [0.717, 1.165) is 29.5 Å². The number of nitrogens with zero attached hydrogens (tertiary/aromatic N) is 2. The minimum absolute atomic E-state index is 0.616. The molecule has 136 valence electrons. The van der Waals surface area contributed by atoms with Crippen molar-refractivity contribution in [1.29, 1.82) is 0 Å². The van der Waals surface area contributed by atoms with Crippen molar-refractivity contribution < 1.29 is 0 Å². The van der Waals surface area contributed by atoms with Crippen LogP contribution in [0, 0.1) is 23.7 Å². The predicted octanol–water partition coefficient (Wildman–Crippen LogP) is 6.21. The minimum Gasteiger partial charge on any atom is -0.320 e. The van der Waals surface area contributed by atoms with Crippen molar-refractivity contribution in [3.63, 3.8) is 0 Å². The molecule has 0 unspecified atom stereocenters. The van der Waals surface area contributed by atoms with Crippen LogP contribution in [-0.2, 0) is 0 Å². The summed E-state index contributed by atoms with van der Waals surface area (Å²) in [4.78, 5) is 4.96. The summed E-state index contributed by atoms with van der Waals surface area (Å²) in [7, 11) is 0. The highest BCUT2D eigenvalue weighted by molar-refractivity contribution is 5.66. The van der Waals surface area contributed by atoms with E-state index in [1.807, 2.05) is 0 Å². The second-order valence-corrected chi connectivity index (χ2v) is 8.99.